The molecule has 0 radical (unpaired) electrons. The number of rotatable bonds is 5. The normalized spacial score (nSPS) is 14.2. The lowest BCUT2D eigenvalue weighted by Gasteiger charge is -2.27. The van der Waals surface area contributed by atoms with E-state index in [4.69, 9.17) is 5.11 Å². The van der Waals surface area contributed by atoms with Gasteiger partial charge in [-0.05, 0) is 38.7 Å². The van der Waals surface area contributed by atoms with Gasteiger partial charge in [-0.3, -0.25) is 4.98 Å². The van der Waals surface area contributed by atoms with Crippen molar-refractivity contribution in [1.82, 2.24) is 9.88 Å². The number of nitrogens with one attached hydrogen (secondary N) is 1. The van der Waals surface area contributed by atoms with Crippen molar-refractivity contribution < 1.29 is 14.7 Å². The number of aromatic carboxylic acids is 1. The van der Waals surface area contributed by atoms with Crippen LogP contribution in [0.25, 0.3) is 0 Å². The van der Waals surface area contributed by atoms with Crippen LogP contribution in [0.3, 0.4) is 0 Å². The van der Waals surface area contributed by atoms with Crippen molar-refractivity contribution in [3.63, 3.8) is 0 Å². The summed E-state index contributed by atoms with van der Waals surface area (Å²) >= 11 is 0. The van der Waals surface area contributed by atoms with E-state index in [-0.39, 0.29) is 17.6 Å². The van der Waals surface area contributed by atoms with E-state index >= 15 is 0 Å². The molecule has 0 saturated heterocycles. The van der Waals surface area contributed by atoms with Crippen LogP contribution in [0.5, 0.6) is 0 Å². The molecular formula is C14H19N3O3. The minimum atomic E-state index is -1.06. The Morgan fingerprint density at radius 3 is 2.70 bits per heavy atom. The first kappa shape index (κ1) is 14.3. The lowest BCUT2D eigenvalue weighted by molar-refractivity contribution is 0.0696. The molecule has 108 valence electrons. The summed E-state index contributed by atoms with van der Waals surface area (Å²) in [6, 6.07) is 1.30. The standard InChI is InChI=1S/C14H19N3O3/c1-9(2)17(8-10-3-4-10)14(20)16-12-5-11(13(18)19)6-15-7-12/h5-7,9-10H,3-4,8H2,1-2H3,(H,16,20)(H,18,19). The molecule has 6 nitrogen and oxygen atoms in total. The van der Waals surface area contributed by atoms with Gasteiger partial charge in [-0.2, -0.15) is 0 Å². The Balaban J connectivity index is 2.04. The highest BCUT2D eigenvalue weighted by molar-refractivity contribution is 5.92. The zero-order chi connectivity index (χ0) is 14.7. The van der Waals surface area contributed by atoms with Crippen LogP contribution < -0.4 is 5.32 Å². The minimum Gasteiger partial charge on any atom is -0.478 e. The predicted octanol–water partition coefficient (Wildman–Crippen LogP) is 2.43. The molecule has 1 heterocycles. The average Bonchev–Trinajstić information content (AvgIpc) is 3.19. The highest BCUT2D eigenvalue weighted by Crippen LogP contribution is 2.30. The molecule has 0 spiro atoms. The molecule has 1 fully saturated rings. The van der Waals surface area contributed by atoms with Gasteiger partial charge in [-0.15, -0.1) is 0 Å². The molecule has 6 heteroatoms. The van der Waals surface area contributed by atoms with E-state index in [1.54, 1.807) is 4.90 Å². The SMILES string of the molecule is CC(C)N(CC1CC1)C(=O)Nc1cncc(C(=O)O)c1. The molecule has 1 aromatic rings. The van der Waals surface area contributed by atoms with Crippen molar-refractivity contribution in [2.24, 2.45) is 5.92 Å². The number of amides is 2. The summed E-state index contributed by atoms with van der Waals surface area (Å²) in [5.74, 6) is -0.459. The smallest absolute Gasteiger partial charge is 0.337 e. The molecule has 1 aliphatic carbocycles. The predicted molar refractivity (Wildman–Crippen MR) is 74.8 cm³/mol. The van der Waals surface area contributed by atoms with Crippen molar-refractivity contribution in [3.8, 4) is 0 Å². The number of carbonyl (C=O) groups is 2. The Morgan fingerprint density at radius 1 is 1.45 bits per heavy atom. The van der Waals surface area contributed by atoms with Crippen LogP contribution in [0, 0.1) is 5.92 Å². The van der Waals surface area contributed by atoms with Gasteiger partial charge in [0, 0.05) is 18.8 Å². The molecule has 0 aromatic carbocycles. The van der Waals surface area contributed by atoms with E-state index in [2.05, 4.69) is 10.3 Å². The van der Waals surface area contributed by atoms with Gasteiger partial charge in [-0.1, -0.05) is 0 Å². The molecule has 0 aliphatic heterocycles. The van der Waals surface area contributed by atoms with Gasteiger partial charge >= 0.3 is 12.0 Å². The van der Waals surface area contributed by atoms with E-state index in [0.29, 0.717) is 11.6 Å². The van der Waals surface area contributed by atoms with Gasteiger partial charge in [-0.25, -0.2) is 9.59 Å². The minimum absolute atomic E-state index is 0.0566. The molecular weight excluding hydrogens is 258 g/mol. The summed E-state index contributed by atoms with van der Waals surface area (Å²) in [4.78, 5) is 28.7. The number of anilines is 1. The van der Waals surface area contributed by atoms with Gasteiger partial charge < -0.3 is 15.3 Å². The van der Waals surface area contributed by atoms with Crippen LogP contribution in [-0.2, 0) is 0 Å². The Hall–Kier alpha value is -2.11. The number of hydrogen-bond donors (Lipinski definition) is 2. The topological polar surface area (TPSA) is 82.5 Å². The maximum atomic E-state index is 12.2. The quantitative estimate of drug-likeness (QED) is 0.866. The zero-order valence-electron chi connectivity index (χ0n) is 11.7. The highest BCUT2D eigenvalue weighted by atomic mass is 16.4. The molecule has 0 unspecified atom stereocenters. The maximum absolute atomic E-state index is 12.2. The number of nitrogens with zero attached hydrogens (tertiary/aromatic N) is 2. The fourth-order valence-corrected chi connectivity index (χ4v) is 1.93. The van der Waals surface area contributed by atoms with Crippen molar-refractivity contribution in [3.05, 3.63) is 24.0 Å². The Morgan fingerprint density at radius 2 is 2.15 bits per heavy atom. The third kappa shape index (κ3) is 3.69. The molecule has 0 atom stereocenters. The average molecular weight is 277 g/mol. The molecule has 1 saturated carbocycles. The third-order valence-electron chi connectivity index (χ3n) is 3.27. The molecule has 2 N–H and O–H groups in total. The Labute approximate surface area is 117 Å². The van der Waals surface area contributed by atoms with Crippen LogP contribution in [0.4, 0.5) is 10.5 Å². The number of hydrogen-bond acceptors (Lipinski definition) is 3. The van der Waals surface area contributed by atoms with Gasteiger partial charge in [0.25, 0.3) is 0 Å². The van der Waals surface area contributed by atoms with E-state index < -0.39 is 5.97 Å². The van der Waals surface area contributed by atoms with Crippen LogP contribution in [0.1, 0.15) is 37.0 Å². The number of aromatic nitrogens is 1. The molecule has 1 aromatic heterocycles. The van der Waals surface area contributed by atoms with Crippen LogP contribution >= 0.6 is 0 Å². The van der Waals surface area contributed by atoms with Crippen LogP contribution in [0.2, 0.25) is 0 Å². The molecule has 2 rings (SSSR count). The van der Waals surface area contributed by atoms with Crippen molar-refractivity contribution in [1.29, 1.82) is 0 Å². The maximum Gasteiger partial charge on any atom is 0.337 e. The van der Waals surface area contributed by atoms with Gasteiger partial charge in [0.2, 0.25) is 0 Å². The van der Waals surface area contributed by atoms with Crippen LogP contribution in [0.15, 0.2) is 18.5 Å². The summed E-state index contributed by atoms with van der Waals surface area (Å²) < 4.78 is 0. The first-order chi connectivity index (χ1) is 9.47. The molecule has 0 bridgehead atoms. The summed E-state index contributed by atoms with van der Waals surface area (Å²) in [7, 11) is 0. The fraction of sp³-hybridized carbons (Fsp3) is 0.500. The summed E-state index contributed by atoms with van der Waals surface area (Å²) in [5, 5.41) is 11.6. The van der Waals surface area contributed by atoms with E-state index in [9.17, 15) is 9.59 Å². The molecule has 1 aliphatic rings. The first-order valence-electron chi connectivity index (χ1n) is 6.73. The fourth-order valence-electron chi connectivity index (χ4n) is 1.93. The number of pyridine rings is 1. The van der Waals surface area contributed by atoms with Crippen LogP contribution in [-0.4, -0.2) is 39.6 Å². The molecule has 20 heavy (non-hydrogen) atoms. The Bertz CT molecular complexity index is 512. The van der Waals surface area contributed by atoms with E-state index in [0.717, 1.165) is 6.54 Å². The van der Waals surface area contributed by atoms with Crippen molar-refractivity contribution >= 4 is 17.7 Å². The van der Waals surface area contributed by atoms with Gasteiger partial charge in [0.15, 0.2) is 0 Å². The zero-order valence-corrected chi connectivity index (χ0v) is 11.7. The first-order valence-corrected chi connectivity index (χ1v) is 6.73. The number of carboxylic acid groups (broad SMARTS) is 1. The second-order valence-electron chi connectivity index (χ2n) is 5.39. The third-order valence-corrected chi connectivity index (χ3v) is 3.27. The van der Waals surface area contributed by atoms with Crippen molar-refractivity contribution in [2.75, 3.05) is 11.9 Å². The second kappa shape index (κ2) is 5.90. The summed E-state index contributed by atoms with van der Waals surface area (Å²) in [6.07, 6.45) is 5.04. The van der Waals surface area contributed by atoms with Gasteiger partial charge in [0.05, 0.1) is 17.4 Å². The summed E-state index contributed by atoms with van der Waals surface area (Å²) in [6.45, 7) is 4.68. The van der Waals surface area contributed by atoms with Crippen molar-refractivity contribution in [2.45, 2.75) is 32.7 Å². The number of urea groups is 1. The number of carbonyl (C=O) groups excluding carboxylic acids is 1. The molecule has 2 amide bonds. The summed E-state index contributed by atoms with van der Waals surface area (Å²) in [5.41, 5.74) is 0.456. The Kier molecular flexibility index (Phi) is 4.22. The van der Waals surface area contributed by atoms with E-state index in [1.165, 1.54) is 31.3 Å². The highest BCUT2D eigenvalue weighted by Gasteiger charge is 2.28. The monoisotopic (exact) mass is 277 g/mol. The lowest BCUT2D eigenvalue weighted by atomic mass is 10.2. The largest absolute Gasteiger partial charge is 0.478 e. The van der Waals surface area contributed by atoms with Gasteiger partial charge in [0.1, 0.15) is 0 Å². The second-order valence-corrected chi connectivity index (χ2v) is 5.39. The lowest BCUT2D eigenvalue weighted by Crippen LogP contribution is -2.41. The van der Waals surface area contributed by atoms with E-state index in [1.807, 2.05) is 13.8 Å². The number of carboxylic acids is 1.